The summed E-state index contributed by atoms with van der Waals surface area (Å²) in [6, 6.07) is 0. The van der Waals surface area contributed by atoms with Crippen LogP contribution in [0.5, 0.6) is 0 Å². The number of hydrogen-bond acceptors (Lipinski definition) is 5. The first-order valence-corrected chi connectivity index (χ1v) is 5.41. The third-order valence-corrected chi connectivity index (χ3v) is 2.46. The van der Waals surface area contributed by atoms with E-state index in [1.54, 1.807) is 10.9 Å². The maximum absolute atomic E-state index is 5.84. The van der Waals surface area contributed by atoms with E-state index in [1.807, 2.05) is 14.0 Å². The first kappa shape index (κ1) is 11.4. The van der Waals surface area contributed by atoms with Crippen molar-refractivity contribution in [2.75, 3.05) is 17.6 Å². The molecule has 17 heavy (non-hydrogen) atoms. The Bertz CT molecular complexity index is 556. The molecule has 2 aromatic rings. The lowest BCUT2D eigenvalue weighted by Gasteiger charge is -2.06. The van der Waals surface area contributed by atoms with Gasteiger partial charge >= 0.3 is 0 Å². The molecule has 0 unspecified atom stereocenters. The number of anilines is 2. The fourth-order valence-corrected chi connectivity index (χ4v) is 1.51. The molecule has 0 bridgehead atoms. The molecule has 2 rings (SSSR count). The van der Waals surface area contributed by atoms with Crippen molar-refractivity contribution in [1.29, 1.82) is 0 Å². The Balaban J connectivity index is 2.23. The number of aromatic nitrogens is 4. The van der Waals surface area contributed by atoms with Crippen LogP contribution >= 0.6 is 0 Å². The van der Waals surface area contributed by atoms with Crippen molar-refractivity contribution in [2.45, 2.75) is 13.3 Å². The van der Waals surface area contributed by atoms with Gasteiger partial charge in [-0.2, -0.15) is 15.1 Å². The van der Waals surface area contributed by atoms with Crippen molar-refractivity contribution in [3.05, 3.63) is 18.3 Å². The van der Waals surface area contributed by atoms with E-state index < -0.39 is 0 Å². The number of fused-ring (bicyclic) bond motifs is 1. The standard InChI is InChI=1S/C11H16N6/c1-7(2)4-5-13-11-15-9(12)8-6-14-17(3)10(8)16-11/h6H,1,4-5H2,2-3H3,(H3,12,13,15,16). The van der Waals surface area contributed by atoms with Gasteiger partial charge in [-0.3, -0.25) is 4.68 Å². The van der Waals surface area contributed by atoms with Crippen LogP contribution in [0.4, 0.5) is 11.8 Å². The molecule has 0 radical (unpaired) electrons. The minimum Gasteiger partial charge on any atom is -0.383 e. The molecule has 6 heteroatoms. The molecule has 2 heterocycles. The highest BCUT2D eigenvalue weighted by molar-refractivity contribution is 5.86. The first-order valence-electron chi connectivity index (χ1n) is 5.41. The van der Waals surface area contributed by atoms with Crippen LogP contribution in [0, 0.1) is 0 Å². The minimum absolute atomic E-state index is 0.445. The molecule has 0 amide bonds. The average molecular weight is 232 g/mol. The topological polar surface area (TPSA) is 81.6 Å². The van der Waals surface area contributed by atoms with Crippen molar-refractivity contribution in [3.8, 4) is 0 Å². The Morgan fingerprint density at radius 3 is 3.00 bits per heavy atom. The summed E-state index contributed by atoms with van der Waals surface area (Å²) in [4.78, 5) is 8.55. The molecule has 3 N–H and O–H groups in total. The van der Waals surface area contributed by atoms with Crippen LogP contribution in [-0.4, -0.2) is 26.3 Å². The van der Waals surface area contributed by atoms with Crippen molar-refractivity contribution >= 4 is 22.8 Å². The van der Waals surface area contributed by atoms with Gasteiger partial charge in [0.05, 0.1) is 11.6 Å². The van der Waals surface area contributed by atoms with Gasteiger partial charge in [0.25, 0.3) is 0 Å². The van der Waals surface area contributed by atoms with Gasteiger partial charge in [-0.05, 0) is 13.3 Å². The number of nitrogen functional groups attached to an aromatic ring is 1. The highest BCUT2D eigenvalue weighted by Gasteiger charge is 2.08. The van der Waals surface area contributed by atoms with Gasteiger partial charge in [0.2, 0.25) is 5.95 Å². The second kappa shape index (κ2) is 4.40. The van der Waals surface area contributed by atoms with Crippen LogP contribution in [0.1, 0.15) is 13.3 Å². The molecular weight excluding hydrogens is 216 g/mol. The van der Waals surface area contributed by atoms with E-state index in [0.29, 0.717) is 11.8 Å². The monoisotopic (exact) mass is 232 g/mol. The number of nitrogens with zero attached hydrogens (tertiary/aromatic N) is 4. The zero-order chi connectivity index (χ0) is 12.4. The van der Waals surface area contributed by atoms with Crippen molar-refractivity contribution in [1.82, 2.24) is 19.7 Å². The van der Waals surface area contributed by atoms with Crippen molar-refractivity contribution in [3.63, 3.8) is 0 Å². The van der Waals surface area contributed by atoms with Crippen LogP contribution in [0.2, 0.25) is 0 Å². The van der Waals surface area contributed by atoms with E-state index in [1.165, 1.54) is 0 Å². The smallest absolute Gasteiger partial charge is 0.226 e. The SMILES string of the molecule is C=C(C)CCNc1nc(N)c2cnn(C)c2n1. The average Bonchev–Trinajstić information content (AvgIpc) is 2.61. The Morgan fingerprint density at radius 1 is 1.53 bits per heavy atom. The summed E-state index contributed by atoms with van der Waals surface area (Å²) in [6.45, 7) is 6.58. The maximum atomic E-state index is 5.84. The largest absolute Gasteiger partial charge is 0.383 e. The molecule has 0 saturated carbocycles. The van der Waals surface area contributed by atoms with Gasteiger partial charge in [-0.25, -0.2) is 0 Å². The fourth-order valence-electron chi connectivity index (χ4n) is 1.51. The van der Waals surface area contributed by atoms with Gasteiger partial charge in [0, 0.05) is 13.6 Å². The summed E-state index contributed by atoms with van der Waals surface area (Å²) in [6.07, 6.45) is 2.55. The van der Waals surface area contributed by atoms with Gasteiger partial charge in [0.1, 0.15) is 5.82 Å². The molecule has 2 aromatic heterocycles. The number of hydrogen-bond donors (Lipinski definition) is 2. The molecule has 90 valence electrons. The lowest BCUT2D eigenvalue weighted by molar-refractivity contribution is 0.785. The molecule has 0 fully saturated rings. The molecule has 0 aromatic carbocycles. The number of aryl methyl sites for hydroxylation is 1. The summed E-state index contributed by atoms with van der Waals surface area (Å²) >= 11 is 0. The third kappa shape index (κ3) is 2.35. The summed E-state index contributed by atoms with van der Waals surface area (Å²) in [7, 11) is 1.83. The Labute approximate surface area is 99.5 Å². The van der Waals surface area contributed by atoms with Gasteiger partial charge in [0.15, 0.2) is 5.65 Å². The van der Waals surface area contributed by atoms with Crippen LogP contribution in [-0.2, 0) is 7.05 Å². The van der Waals surface area contributed by atoms with Gasteiger partial charge in [-0.15, -0.1) is 6.58 Å². The minimum atomic E-state index is 0.445. The zero-order valence-electron chi connectivity index (χ0n) is 10.1. The van der Waals surface area contributed by atoms with E-state index in [-0.39, 0.29) is 0 Å². The predicted molar refractivity (Wildman–Crippen MR) is 68.6 cm³/mol. The molecular formula is C11H16N6. The molecule has 0 atom stereocenters. The Morgan fingerprint density at radius 2 is 2.29 bits per heavy atom. The van der Waals surface area contributed by atoms with E-state index in [4.69, 9.17) is 5.73 Å². The third-order valence-electron chi connectivity index (χ3n) is 2.46. The van der Waals surface area contributed by atoms with Crippen molar-refractivity contribution < 1.29 is 0 Å². The summed E-state index contributed by atoms with van der Waals surface area (Å²) < 4.78 is 1.68. The van der Waals surface area contributed by atoms with E-state index >= 15 is 0 Å². The predicted octanol–water partition coefficient (Wildman–Crippen LogP) is 1.32. The zero-order valence-corrected chi connectivity index (χ0v) is 10.1. The molecule has 6 nitrogen and oxygen atoms in total. The van der Waals surface area contributed by atoms with Crippen LogP contribution in [0.3, 0.4) is 0 Å². The molecule has 0 aliphatic carbocycles. The fraction of sp³-hybridized carbons (Fsp3) is 0.364. The second-order valence-corrected chi connectivity index (χ2v) is 4.07. The number of nitrogens with two attached hydrogens (primary N) is 1. The molecule has 0 spiro atoms. The van der Waals surface area contributed by atoms with Gasteiger partial charge < -0.3 is 11.1 Å². The second-order valence-electron chi connectivity index (χ2n) is 4.07. The van der Waals surface area contributed by atoms with Crippen molar-refractivity contribution in [2.24, 2.45) is 7.05 Å². The van der Waals surface area contributed by atoms with E-state index in [2.05, 4.69) is 27.0 Å². The summed E-state index contributed by atoms with van der Waals surface area (Å²) in [5.74, 6) is 0.973. The quantitative estimate of drug-likeness (QED) is 0.777. The Hall–Kier alpha value is -2.11. The maximum Gasteiger partial charge on any atom is 0.226 e. The lowest BCUT2D eigenvalue weighted by Crippen LogP contribution is -2.08. The summed E-state index contributed by atoms with van der Waals surface area (Å²) in [5, 5.41) is 8.00. The summed E-state index contributed by atoms with van der Waals surface area (Å²) in [5.41, 5.74) is 7.69. The van der Waals surface area contributed by atoms with Gasteiger partial charge in [-0.1, -0.05) is 5.57 Å². The highest BCUT2D eigenvalue weighted by atomic mass is 15.3. The number of nitrogens with one attached hydrogen (secondary N) is 1. The van der Waals surface area contributed by atoms with Crippen LogP contribution in [0.25, 0.3) is 11.0 Å². The normalized spacial score (nSPS) is 10.7. The lowest BCUT2D eigenvalue weighted by atomic mass is 10.2. The van der Waals surface area contributed by atoms with E-state index in [0.717, 1.165) is 29.6 Å². The van der Waals surface area contributed by atoms with E-state index in [9.17, 15) is 0 Å². The molecule has 0 aliphatic rings. The Kier molecular flexibility index (Phi) is 2.95. The molecule has 0 saturated heterocycles. The highest BCUT2D eigenvalue weighted by Crippen LogP contribution is 2.18. The van der Waals surface area contributed by atoms with Crippen LogP contribution in [0.15, 0.2) is 18.3 Å². The first-order chi connectivity index (χ1) is 8.08. The molecule has 0 aliphatic heterocycles. The van der Waals surface area contributed by atoms with Crippen LogP contribution < -0.4 is 11.1 Å². The number of rotatable bonds is 4.